The minimum absolute atomic E-state index is 0.341. The first kappa shape index (κ1) is 17.9. The number of esters is 1. The number of nitrogens with one attached hydrogen (secondary N) is 1. The third-order valence-electron chi connectivity index (χ3n) is 3.45. The van der Waals surface area contributed by atoms with Crippen LogP contribution in [0, 0.1) is 14.9 Å². The zero-order valence-electron chi connectivity index (χ0n) is 13.0. The normalized spacial score (nSPS) is 11.2. The van der Waals surface area contributed by atoms with E-state index in [1.54, 1.807) is 24.3 Å². The van der Waals surface area contributed by atoms with Crippen molar-refractivity contribution in [2.75, 3.05) is 7.11 Å². The van der Waals surface area contributed by atoms with Gasteiger partial charge in [0.05, 0.1) is 18.7 Å². The number of carbonyl (C=O) groups is 2. The van der Waals surface area contributed by atoms with Crippen molar-refractivity contribution >= 4 is 34.5 Å². The summed E-state index contributed by atoms with van der Waals surface area (Å²) in [6.07, 6.45) is 0.341. The monoisotopic (exact) mass is 434 g/mol. The summed E-state index contributed by atoms with van der Waals surface area (Å²) in [5.74, 6) is -0.891. The Morgan fingerprint density at radius 1 is 1.21 bits per heavy atom. The van der Waals surface area contributed by atoms with Gasteiger partial charge in [-0.15, -0.1) is 0 Å². The van der Waals surface area contributed by atoms with Gasteiger partial charge in [-0.25, -0.2) is 4.79 Å². The molecule has 0 unspecified atom stereocenters. The molecule has 5 nitrogen and oxygen atoms in total. The molecule has 0 radical (unpaired) electrons. The minimum atomic E-state index is -0.783. The van der Waals surface area contributed by atoms with Gasteiger partial charge in [0.15, 0.2) is 0 Å². The van der Waals surface area contributed by atoms with Crippen molar-refractivity contribution < 1.29 is 14.3 Å². The molecule has 0 saturated heterocycles. The Labute approximate surface area is 153 Å². The van der Waals surface area contributed by atoms with Crippen LogP contribution < -0.4 is 5.32 Å². The van der Waals surface area contributed by atoms with Crippen molar-refractivity contribution in [3.63, 3.8) is 0 Å². The lowest BCUT2D eigenvalue weighted by Gasteiger charge is -2.17. The second-order valence-corrected chi connectivity index (χ2v) is 6.20. The number of carbonyl (C=O) groups excluding carboxylic acids is 2. The van der Waals surface area contributed by atoms with Crippen molar-refractivity contribution in [1.82, 2.24) is 5.32 Å². The van der Waals surface area contributed by atoms with E-state index in [9.17, 15) is 9.59 Å². The van der Waals surface area contributed by atoms with E-state index in [1.165, 1.54) is 7.11 Å². The van der Waals surface area contributed by atoms with Gasteiger partial charge in [0.1, 0.15) is 6.04 Å². The first-order valence-electron chi connectivity index (χ1n) is 7.17. The van der Waals surface area contributed by atoms with Crippen LogP contribution in [-0.4, -0.2) is 25.0 Å². The molecule has 24 heavy (non-hydrogen) atoms. The molecular formula is C18H15IN2O3. The number of ether oxygens (including phenoxy) is 1. The van der Waals surface area contributed by atoms with E-state index < -0.39 is 12.0 Å². The third kappa shape index (κ3) is 4.55. The highest BCUT2D eigenvalue weighted by molar-refractivity contribution is 14.1. The lowest BCUT2D eigenvalue weighted by atomic mass is 10.1. The smallest absolute Gasteiger partial charge is 0.328 e. The molecule has 2 aromatic rings. The zero-order valence-corrected chi connectivity index (χ0v) is 15.1. The molecule has 6 heteroatoms. The Morgan fingerprint density at radius 2 is 1.88 bits per heavy atom. The Hall–Kier alpha value is -2.40. The van der Waals surface area contributed by atoms with Gasteiger partial charge in [-0.3, -0.25) is 4.79 Å². The minimum Gasteiger partial charge on any atom is -0.467 e. The molecule has 1 N–H and O–H groups in total. The predicted octanol–water partition coefficient (Wildman–Crippen LogP) is 2.68. The fraction of sp³-hybridized carbons (Fsp3) is 0.167. The van der Waals surface area contributed by atoms with Crippen LogP contribution in [0.3, 0.4) is 0 Å². The largest absolute Gasteiger partial charge is 0.467 e. The highest BCUT2D eigenvalue weighted by Crippen LogP contribution is 2.14. The Morgan fingerprint density at radius 3 is 2.46 bits per heavy atom. The second kappa shape index (κ2) is 8.45. The summed E-state index contributed by atoms with van der Waals surface area (Å²) < 4.78 is 5.81. The molecule has 0 saturated carbocycles. The topological polar surface area (TPSA) is 79.2 Å². The number of rotatable bonds is 5. The van der Waals surface area contributed by atoms with Crippen LogP contribution in [0.2, 0.25) is 0 Å². The summed E-state index contributed by atoms with van der Waals surface area (Å²) in [5, 5.41) is 11.5. The maximum Gasteiger partial charge on any atom is 0.328 e. The summed E-state index contributed by atoms with van der Waals surface area (Å²) in [6, 6.07) is 15.1. The molecule has 0 aromatic heterocycles. The lowest BCUT2D eigenvalue weighted by molar-refractivity contribution is -0.142. The van der Waals surface area contributed by atoms with Crippen LogP contribution in [0.4, 0.5) is 0 Å². The molecule has 122 valence electrons. The fourth-order valence-corrected chi connectivity index (χ4v) is 2.76. The molecule has 0 aliphatic carbocycles. The number of amides is 1. The Bertz CT molecular complexity index is 782. The molecule has 1 amide bonds. The number of benzene rings is 2. The average molecular weight is 434 g/mol. The highest BCUT2D eigenvalue weighted by Gasteiger charge is 2.23. The number of nitriles is 1. The van der Waals surface area contributed by atoms with Crippen LogP contribution in [-0.2, 0) is 16.0 Å². The summed E-state index contributed by atoms with van der Waals surface area (Å²) in [7, 11) is 1.29. The molecule has 0 spiro atoms. The molecule has 2 aromatic carbocycles. The van der Waals surface area contributed by atoms with Crippen LogP contribution in [0.1, 0.15) is 21.5 Å². The van der Waals surface area contributed by atoms with Gasteiger partial charge < -0.3 is 10.1 Å². The Balaban J connectivity index is 2.16. The van der Waals surface area contributed by atoms with E-state index >= 15 is 0 Å². The molecule has 1 atom stereocenters. The summed E-state index contributed by atoms with van der Waals surface area (Å²) >= 11 is 2.19. The number of nitrogens with zero attached hydrogens (tertiary/aromatic N) is 1. The zero-order chi connectivity index (χ0) is 17.5. The van der Waals surface area contributed by atoms with E-state index in [0.717, 1.165) is 9.13 Å². The molecule has 2 rings (SSSR count). The predicted molar refractivity (Wildman–Crippen MR) is 97.3 cm³/mol. The Kier molecular flexibility index (Phi) is 6.32. The highest BCUT2D eigenvalue weighted by atomic mass is 127. The quantitative estimate of drug-likeness (QED) is 0.580. The van der Waals surface area contributed by atoms with Gasteiger partial charge >= 0.3 is 5.97 Å². The fourth-order valence-electron chi connectivity index (χ4n) is 2.16. The average Bonchev–Trinajstić information content (AvgIpc) is 2.62. The number of halogens is 1. The molecule has 0 fully saturated rings. The summed E-state index contributed by atoms with van der Waals surface area (Å²) in [5.41, 5.74) is 1.80. The van der Waals surface area contributed by atoms with E-state index in [-0.39, 0.29) is 5.91 Å². The third-order valence-corrected chi connectivity index (χ3v) is 4.50. The first-order chi connectivity index (χ1) is 11.5. The SMILES string of the molecule is COC(=O)[C@H](Cc1ccccc1I)NC(=O)c1ccc(C#N)cc1. The number of methoxy groups -OCH3 is 1. The van der Waals surface area contributed by atoms with Gasteiger partial charge in [0, 0.05) is 15.6 Å². The van der Waals surface area contributed by atoms with Gasteiger partial charge in [0.2, 0.25) is 0 Å². The van der Waals surface area contributed by atoms with E-state index in [2.05, 4.69) is 27.9 Å². The molecular weight excluding hydrogens is 419 g/mol. The van der Waals surface area contributed by atoms with Crippen molar-refractivity contribution in [2.24, 2.45) is 0 Å². The van der Waals surface area contributed by atoms with Crippen molar-refractivity contribution in [3.8, 4) is 6.07 Å². The van der Waals surface area contributed by atoms with Crippen LogP contribution in [0.15, 0.2) is 48.5 Å². The summed E-state index contributed by atoms with van der Waals surface area (Å²) in [4.78, 5) is 24.4. The van der Waals surface area contributed by atoms with Crippen LogP contribution >= 0.6 is 22.6 Å². The van der Waals surface area contributed by atoms with Crippen molar-refractivity contribution in [1.29, 1.82) is 5.26 Å². The maximum absolute atomic E-state index is 12.3. The van der Waals surface area contributed by atoms with Crippen LogP contribution in [0.25, 0.3) is 0 Å². The molecule has 0 bridgehead atoms. The van der Waals surface area contributed by atoms with E-state index in [0.29, 0.717) is 17.5 Å². The first-order valence-corrected chi connectivity index (χ1v) is 8.25. The van der Waals surface area contributed by atoms with E-state index in [4.69, 9.17) is 10.00 Å². The molecule has 0 heterocycles. The maximum atomic E-state index is 12.3. The van der Waals surface area contributed by atoms with Gasteiger partial charge in [0.25, 0.3) is 5.91 Å². The second-order valence-electron chi connectivity index (χ2n) is 5.03. The van der Waals surface area contributed by atoms with Crippen molar-refractivity contribution in [3.05, 3.63) is 68.8 Å². The summed E-state index contributed by atoms with van der Waals surface area (Å²) in [6.45, 7) is 0. The lowest BCUT2D eigenvalue weighted by Crippen LogP contribution is -2.43. The van der Waals surface area contributed by atoms with Gasteiger partial charge in [-0.2, -0.15) is 5.26 Å². The van der Waals surface area contributed by atoms with E-state index in [1.807, 2.05) is 30.3 Å². The number of hydrogen-bond donors (Lipinski definition) is 1. The molecule has 0 aliphatic rings. The number of hydrogen-bond acceptors (Lipinski definition) is 4. The van der Waals surface area contributed by atoms with Gasteiger partial charge in [-0.05, 0) is 58.5 Å². The van der Waals surface area contributed by atoms with Crippen molar-refractivity contribution in [2.45, 2.75) is 12.5 Å². The molecule has 0 aliphatic heterocycles. The standard InChI is InChI=1S/C18H15IN2O3/c1-24-18(23)16(10-14-4-2-3-5-15(14)19)21-17(22)13-8-6-12(11-20)7-9-13/h2-9,16H,10H2,1H3,(H,21,22)/t16-/m0/s1. The van der Waals surface area contributed by atoms with Crippen LogP contribution in [0.5, 0.6) is 0 Å². The van der Waals surface area contributed by atoms with Gasteiger partial charge in [-0.1, -0.05) is 18.2 Å².